The number of nitrogens with zero attached hydrogens (tertiary/aromatic N) is 1. The lowest BCUT2D eigenvalue weighted by molar-refractivity contribution is -0.136. The molecule has 0 aliphatic heterocycles. The summed E-state index contributed by atoms with van der Waals surface area (Å²) in [6.07, 6.45) is -3.02. The number of alkyl halides is 2. The van der Waals surface area contributed by atoms with Crippen LogP contribution in [0.25, 0.3) is 0 Å². The van der Waals surface area contributed by atoms with Gasteiger partial charge in [0.25, 0.3) is 6.43 Å². The third-order valence-corrected chi connectivity index (χ3v) is 2.59. The fourth-order valence-corrected chi connectivity index (χ4v) is 1.68. The average Bonchev–Trinajstić information content (AvgIpc) is 2.19. The van der Waals surface area contributed by atoms with Gasteiger partial charge in [-0.05, 0) is 22.0 Å². The minimum atomic E-state index is -2.68. The number of carbonyl (C=O) groups is 1. The molecule has 1 aromatic heterocycles. The van der Waals surface area contributed by atoms with E-state index in [1.807, 2.05) is 0 Å². The molecular weight excluding hydrogens is 286 g/mol. The van der Waals surface area contributed by atoms with Crippen LogP contribution < -0.4 is 5.73 Å². The van der Waals surface area contributed by atoms with Crippen LogP contribution in [0.3, 0.4) is 0 Å². The van der Waals surface area contributed by atoms with Gasteiger partial charge >= 0.3 is 5.97 Å². The Hall–Kier alpha value is -1.08. The Balaban J connectivity index is 3.20. The second kappa shape index (κ2) is 5.31. The SMILES string of the molecule is NCc1nc(CC(=O)O)c(Br)cc1C(F)F. The molecule has 4 nitrogen and oxygen atoms in total. The number of carboxylic acid groups (broad SMARTS) is 1. The molecule has 0 amide bonds. The number of aromatic nitrogens is 1. The number of pyridine rings is 1. The van der Waals surface area contributed by atoms with E-state index in [2.05, 4.69) is 20.9 Å². The molecule has 0 unspecified atom stereocenters. The van der Waals surface area contributed by atoms with Crippen LogP contribution in [0.15, 0.2) is 10.5 Å². The van der Waals surface area contributed by atoms with Crippen molar-refractivity contribution in [2.24, 2.45) is 5.73 Å². The van der Waals surface area contributed by atoms with Gasteiger partial charge in [0, 0.05) is 16.6 Å². The molecule has 1 rings (SSSR count). The predicted molar refractivity (Wildman–Crippen MR) is 56.1 cm³/mol. The molecule has 3 N–H and O–H groups in total. The van der Waals surface area contributed by atoms with Crippen molar-refractivity contribution in [1.82, 2.24) is 4.98 Å². The summed E-state index contributed by atoms with van der Waals surface area (Å²) in [7, 11) is 0. The zero-order valence-corrected chi connectivity index (χ0v) is 9.67. The zero-order chi connectivity index (χ0) is 12.3. The highest BCUT2D eigenvalue weighted by atomic mass is 79.9. The van der Waals surface area contributed by atoms with Gasteiger partial charge < -0.3 is 10.8 Å². The third kappa shape index (κ3) is 2.96. The summed E-state index contributed by atoms with van der Waals surface area (Å²) in [6.45, 7) is -0.153. The van der Waals surface area contributed by atoms with E-state index in [-0.39, 0.29) is 34.4 Å². The topological polar surface area (TPSA) is 76.2 Å². The standard InChI is InChI=1S/C9H9BrF2N2O2/c10-5-1-4(9(11)12)7(3-13)14-6(5)2-8(15)16/h1,9H,2-3,13H2,(H,15,16). The van der Waals surface area contributed by atoms with E-state index in [9.17, 15) is 13.6 Å². The highest BCUT2D eigenvalue weighted by molar-refractivity contribution is 9.10. The van der Waals surface area contributed by atoms with Crippen LogP contribution >= 0.6 is 15.9 Å². The molecule has 16 heavy (non-hydrogen) atoms. The molecule has 0 saturated heterocycles. The van der Waals surface area contributed by atoms with Crippen LogP contribution in [0.2, 0.25) is 0 Å². The number of halogens is 3. The molecule has 1 heterocycles. The molecule has 1 aromatic rings. The van der Waals surface area contributed by atoms with Gasteiger partial charge in [-0.2, -0.15) is 0 Å². The molecule has 7 heteroatoms. The lowest BCUT2D eigenvalue weighted by Crippen LogP contribution is -2.10. The number of carboxylic acids is 1. The highest BCUT2D eigenvalue weighted by Crippen LogP contribution is 2.27. The summed E-state index contributed by atoms with van der Waals surface area (Å²) in [5.41, 5.74) is 5.22. The molecular formula is C9H9BrF2N2O2. The summed E-state index contributed by atoms with van der Waals surface area (Å²) in [4.78, 5) is 14.3. The summed E-state index contributed by atoms with van der Waals surface area (Å²) in [5, 5.41) is 8.59. The van der Waals surface area contributed by atoms with Crippen molar-refractivity contribution in [2.45, 2.75) is 19.4 Å². The predicted octanol–water partition coefficient (Wildman–Crippen LogP) is 1.87. The lowest BCUT2D eigenvalue weighted by atomic mass is 10.1. The van der Waals surface area contributed by atoms with Crippen molar-refractivity contribution in [3.8, 4) is 0 Å². The van der Waals surface area contributed by atoms with E-state index in [1.165, 1.54) is 0 Å². The van der Waals surface area contributed by atoms with Gasteiger partial charge in [0.1, 0.15) is 0 Å². The molecule has 0 spiro atoms. The summed E-state index contributed by atoms with van der Waals surface area (Å²) >= 11 is 3.01. The van der Waals surface area contributed by atoms with Crippen molar-refractivity contribution in [1.29, 1.82) is 0 Å². The van der Waals surface area contributed by atoms with E-state index < -0.39 is 12.4 Å². The van der Waals surface area contributed by atoms with Crippen molar-refractivity contribution < 1.29 is 18.7 Å². The fraction of sp³-hybridized carbons (Fsp3) is 0.333. The van der Waals surface area contributed by atoms with Crippen LogP contribution in [0.5, 0.6) is 0 Å². The minimum absolute atomic E-state index is 0.0226. The second-order valence-corrected chi connectivity index (χ2v) is 3.88. The summed E-state index contributed by atoms with van der Waals surface area (Å²) in [5.74, 6) is -1.08. The Kier molecular flexibility index (Phi) is 4.31. The minimum Gasteiger partial charge on any atom is -0.481 e. The van der Waals surface area contributed by atoms with Gasteiger partial charge in [-0.15, -0.1) is 0 Å². The maximum atomic E-state index is 12.6. The largest absolute Gasteiger partial charge is 0.481 e. The molecule has 0 bridgehead atoms. The first-order valence-electron chi connectivity index (χ1n) is 4.34. The molecule has 0 atom stereocenters. The number of aliphatic carboxylic acids is 1. The Labute approximate surface area is 98.6 Å². The highest BCUT2D eigenvalue weighted by Gasteiger charge is 2.17. The second-order valence-electron chi connectivity index (χ2n) is 3.03. The van der Waals surface area contributed by atoms with Crippen LogP contribution in [-0.4, -0.2) is 16.1 Å². The Bertz CT molecular complexity index is 413. The first-order valence-corrected chi connectivity index (χ1v) is 5.13. The van der Waals surface area contributed by atoms with Crippen molar-refractivity contribution in [2.75, 3.05) is 0 Å². The molecule has 0 aromatic carbocycles. The number of rotatable bonds is 4. The van der Waals surface area contributed by atoms with Crippen molar-refractivity contribution in [3.05, 3.63) is 27.5 Å². The summed E-state index contributed by atoms with van der Waals surface area (Å²) in [6, 6.07) is 1.16. The Morgan fingerprint density at radius 1 is 1.56 bits per heavy atom. The van der Waals surface area contributed by atoms with Gasteiger partial charge in [-0.3, -0.25) is 9.78 Å². The van der Waals surface area contributed by atoms with E-state index in [0.29, 0.717) is 0 Å². The first kappa shape index (κ1) is 13.0. The monoisotopic (exact) mass is 294 g/mol. The molecule has 88 valence electrons. The van der Waals surface area contributed by atoms with E-state index in [4.69, 9.17) is 10.8 Å². The number of hydrogen-bond acceptors (Lipinski definition) is 3. The van der Waals surface area contributed by atoms with E-state index in [1.54, 1.807) is 0 Å². The van der Waals surface area contributed by atoms with Gasteiger partial charge in [0.2, 0.25) is 0 Å². The Morgan fingerprint density at radius 3 is 2.62 bits per heavy atom. The van der Waals surface area contributed by atoms with Crippen LogP contribution in [0.1, 0.15) is 23.4 Å². The van der Waals surface area contributed by atoms with Gasteiger partial charge in [-0.1, -0.05) is 0 Å². The normalized spacial score (nSPS) is 10.8. The van der Waals surface area contributed by atoms with Gasteiger partial charge in [0.05, 0.1) is 17.8 Å². The smallest absolute Gasteiger partial charge is 0.309 e. The molecule has 0 aliphatic carbocycles. The van der Waals surface area contributed by atoms with Crippen molar-refractivity contribution in [3.63, 3.8) is 0 Å². The van der Waals surface area contributed by atoms with Gasteiger partial charge in [0.15, 0.2) is 0 Å². The maximum Gasteiger partial charge on any atom is 0.309 e. The lowest BCUT2D eigenvalue weighted by Gasteiger charge is -2.09. The first-order chi connectivity index (χ1) is 7.45. The molecule has 0 saturated carbocycles. The van der Waals surface area contributed by atoms with Crippen molar-refractivity contribution >= 4 is 21.9 Å². The van der Waals surface area contributed by atoms with Gasteiger partial charge in [-0.25, -0.2) is 8.78 Å². The van der Waals surface area contributed by atoms with E-state index >= 15 is 0 Å². The van der Waals surface area contributed by atoms with Crippen LogP contribution in [0, 0.1) is 0 Å². The number of hydrogen-bond donors (Lipinski definition) is 2. The van der Waals surface area contributed by atoms with Crippen LogP contribution in [-0.2, 0) is 17.8 Å². The Morgan fingerprint density at radius 2 is 2.19 bits per heavy atom. The quantitative estimate of drug-likeness (QED) is 0.889. The number of nitrogens with two attached hydrogens (primary N) is 1. The molecule has 0 radical (unpaired) electrons. The molecule has 0 fully saturated rings. The molecule has 0 aliphatic rings. The maximum absolute atomic E-state index is 12.6. The summed E-state index contributed by atoms with van der Waals surface area (Å²) < 4.78 is 25.4. The van der Waals surface area contributed by atoms with Crippen LogP contribution in [0.4, 0.5) is 8.78 Å². The average molecular weight is 295 g/mol. The fourth-order valence-electron chi connectivity index (χ4n) is 1.20. The zero-order valence-electron chi connectivity index (χ0n) is 8.08. The van der Waals surface area contributed by atoms with E-state index in [0.717, 1.165) is 6.07 Å². The third-order valence-electron chi connectivity index (χ3n) is 1.91.